The van der Waals surface area contributed by atoms with Gasteiger partial charge < -0.3 is 15.4 Å². The van der Waals surface area contributed by atoms with E-state index in [9.17, 15) is 18.0 Å². The van der Waals surface area contributed by atoms with Crippen LogP contribution in [-0.4, -0.2) is 33.6 Å². The highest BCUT2D eigenvalue weighted by Gasteiger charge is 2.27. The van der Waals surface area contributed by atoms with Gasteiger partial charge in [0.2, 0.25) is 0 Å². The van der Waals surface area contributed by atoms with Crippen molar-refractivity contribution in [2.45, 2.75) is 25.9 Å². The van der Waals surface area contributed by atoms with Gasteiger partial charge in [-0.25, -0.2) is 14.5 Å². The molecule has 0 spiro atoms. The monoisotopic (exact) mass is 419 g/mol. The first-order chi connectivity index (χ1) is 14.4. The number of amides is 2. The van der Waals surface area contributed by atoms with Gasteiger partial charge >= 0.3 is 12.2 Å². The summed E-state index contributed by atoms with van der Waals surface area (Å²) < 4.78 is 42.4. The molecule has 2 heterocycles. The maximum Gasteiger partial charge on any atom is 0.411 e. The first-order valence-electron chi connectivity index (χ1n) is 9.08. The number of benzene rings is 1. The number of hydrogen-bond donors (Lipinski definition) is 2. The predicted molar refractivity (Wildman–Crippen MR) is 103 cm³/mol. The first-order valence-corrected chi connectivity index (χ1v) is 9.08. The summed E-state index contributed by atoms with van der Waals surface area (Å²) in [6.07, 6.45) is 0.776. The molecule has 2 aromatic heterocycles. The van der Waals surface area contributed by atoms with Crippen LogP contribution in [0.25, 0.3) is 5.82 Å². The van der Waals surface area contributed by atoms with Crippen LogP contribution in [0.1, 0.15) is 16.7 Å². The largest absolute Gasteiger partial charge is 0.411 e. The molecule has 0 bridgehead atoms. The number of nitrogens with zero attached hydrogens (tertiary/aromatic N) is 3. The Bertz CT molecular complexity index is 927. The van der Waals surface area contributed by atoms with Crippen molar-refractivity contribution in [3.8, 4) is 5.82 Å². The molecule has 1 aromatic carbocycles. The van der Waals surface area contributed by atoms with E-state index in [1.807, 2.05) is 12.1 Å². The molecule has 3 aromatic rings. The molecule has 30 heavy (non-hydrogen) atoms. The lowest BCUT2D eigenvalue weighted by molar-refractivity contribution is -0.176. The molecule has 0 aliphatic rings. The van der Waals surface area contributed by atoms with E-state index in [0.717, 1.165) is 11.1 Å². The molecule has 10 heteroatoms. The summed E-state index contributed by atoms with van der Waals surface area (Å²) in [6, 6.07) is 11.9. The molecule has 0 fully saturated rings. The molecule has 0 saturated heterocycles. The van der Waals surface area contributed by atoms with Gasteiger partial charge in [-0.1, -0.05) is 30.3 Å². The molecule has 7 nitrogen and oxygen atoms in total. The van der Waals surface area contributed by atoms with Crippen LogP contribution in [0.15, 0.2) is 61.1 Å². The highest BCUT2D eigenvalue weighted by atomic mass is 19.4. The number of nitrogens with one attached hydrogen (secondary N) is 2. The van der Waals surface area contributed by atoms with Crippen LogP contribution in [-0.2, 0) is 24.4 Å². The summed E-state index contributed by atoms with van der Waals surface area (Å²) in [4.78, 5) is 16.3. The molecule has 0 aliphatic heterocycles. The van der Waals surface area contributed by atoms with E-state index in [4.69, 9.17) is 0 Å². The highest BCUT2D eigenvalue weighted by molar-refractivity contribution is 5.73. The highest BCUT2D eigenvalue weighted by Crippen LogP contribution is 2.15. The number of hydrogen-bond acceptors (Lipinski definition) is 4. The van der Waals surface area contributed by atoms with E-state index >= 15 is 0 Å². The zero-order valence-corrected chi connectivity index (χ0v) is 15.9. The Morgan fingerprint density at radius 1 is 1.00 bits per heavy atom. The zero-order valence-electron chi connectivity index (χ0n) is 15.9. The van der Waals surface area contributed by atoms with Crippen molar-refractivity contribution in [1.29, 1.82) is 0 Å². The van der Waals surface area contributed by atoms with Crippen molar-refractivity contribution in [2.24, 2.45) is 0 Å². The zero-order chi connectivity index (χ0) is 21.4. The summed E-state index contributed by atoms with van der Waals surface area (Å²) in [7, 11) is 0. The number of ether oxygens (including phenoxy) is 1. The molecule has 158 valence electrons. The van der Waals surface area contributed by atoms with Crippen LogP contribution < -0.4 is 10.6 Å². The number of pyridine rings is 1. The van der Waals surface area contributed by atoms with Crippen LogP contribution in [0.2, 0.25) is 0 Å². The number of carbonyl (C=O) groups excluding carboxylic acids is 1. The number of aromatic nitrogens is 3. The van der Waals surface area contributed by atoms with Gasteiger partial charge in [-0.3, -0.25) is 0 Å². The summed E-state index contributed by atoms with van der Waals surface area (Å²) >= 11 is 0. The number of rotatable bonds is 8. The fourth-order valence-corrected chi connectivity index (χ4v) is 2.53. The molecule has 0 radical (unpaired) electrons. The number of carbonyl (C=O) groups is 1. The SMILES string of the molecule is O=C(NCc1ccc(COCC(F)(F)F)cc1)NCc1ccc(-n2cccn2)nc1. The van der Waals surface area contributed by atoms with Crippen LogP contribution >= 0.6 is 0 Å². The molecule has 3 rings (SSSR count). The smallest absolute Gasteiger partial charge is 0.367 e. The Morgan fingerprint density at radius 2 is 1.67 bits per heavy atom. The van der Waals surface area contributed by atoms with Crippen molar-refractivity contribution >= 4 is 6.03 Å². The fraction of sp³-hybridized carbons (Fsp3) is 0.250. The van der Waals surface area contributed by atoms with Crippen LogP contribution in [0, 0.1) is 0 Å². The van der Waals surface area contributed by atoms with Crippen LogP contribution in [0.5, 0.6) is 0 Å². The van der Waals surface area contributed by atoms with Crippen molar-refractivity contribution in [1.82, 2.24) is 25.4 Å². The molecule has 0 aliphatic carbocycles. The van der Waals surface area contributed by atoms with Crippen molar-refractivity contribution in [3.63, 3.8) is 0 Å². The minimum absolute atomic E-state index is 0.124. The average molecular weight is 419 g/mol. The Morgan fingerprint density at radius 3 is 2.27 bits per heavy atom. The van der Waals surface area contributed by atoms with E-state index in [0.29, 0.717) is 17.9 Å². The van der Waals surface area contributed by atoms with E-state index in [1.165, 1.54) is 0 Å². The molecule has 0 atom stereocenters. The van der Waals surface area contributed by atoms with E-state index in [2.05, 4.69) is 25.5 Å². The first kappa shape index (κ1) is 21.3. The quantitative estimate of drug-likeness (QED) is 0.587. The molecule has 2 N–H and O–H groups in total. The predicted octanol–water partition coefficient (Wildman–Crippen LogP) is 3.35. The number of alkyl halides is 3. The summed E-state index contributed by atoms with van der Waals surface area (Å²) in [6.45, 7) is -0.807. The van der Waals surface area contributed by atoms with Crippen molar-refractivity contribution in [3.05, 3.63) is 77.7 Å². The topological polar surface area (TPSA) is 81.1 Å². The normalized spacial score (nSPS) is 11.3. The third-order valence-corrected chi connectivity index (χ3v) is 4.01. The minimum Gasteiger partial charge on any atom is -0.367 e. The summed E-state index contributed by atoms with van der Waals surface area (Å²) in [5.41, 5.74) is 2.28. The molecular formula is C20H20F3N5O2. The molecular weight excluding hydrogens is 399 g/mol. The lowest BCUT2D eigenvalue weighted by Crippen LogP contribution is -2.34. The summed E-state index contributed by atoms with van der Waals surface area (Å²) in [5.74, 6) is 0.681. The third kappa shape index (κ3) is 6.89. The fourth-order valence-electron chi connectivity index (χ4n) is 2.53. The molecule has 2 amide bonds. The van der Waals surface area contributed by atoms with Gasteiger partial charge in [-0.05, 0) is 28.8 Å². The van der Waals surface area contributed by atoms with Gasteiger partial charge in [0.1, 0.15) is 6.61 Å². The number of halogens is 3. The van der Waals surface area contributed by atoms with Gasteiger partial charge in [-0.15, -0.1) is 0 Å². The van der Waals surface area contributed by atoms with Crippen molar-refractivity contribution < 1.29 is 22.7 Å². The minimum atomic E-state index is -4.34. The Hall–Kier alpha value is -3.40. The van der Waals surface area contributed by atoms with Gasteiger partial charge in [-0.2, -0.15) is 18.3 Å². The second-order valence-electron chi connectivity index (χ2n) is 6.44. The average Bonchev–Trinajstić information content (AvgIpc) is 3.26. The lowest BCUT2D eigenvalue weighted by Gasteiger charge is -2.10. The van der Waals surface area contributed by atoms with Crippen molar-refractivity contribution in [2.75, 3.05) is 6.61 Å². The lowest BCUT2D eigenvalue weighted by atomic mass is 10.1. The Labute approximate surface area is 170 Å². The standard InChI is InChI=1S/C20H20F3N5O2/c21-20(22,23)14-30-13-16-4-2-15(3-5-16)10-25-19(29)26-12-17-6-7-18(24-11-17)28-9-1-8-27-28/h1-9,11H,10,12-14H2,(H2,25,26,29). The molecule has 0 saturated carbocycles. The van der Waals surface area contributed by atoms with E-state index in [-0.39, 0.29) is 19.2 Å². The van der Waals surface area contributed by atoms with Gasteiger partial charge in [0.15, 0.2) is 5.82 Å². The Balaban J connectivity index is 1.38. The Kier molecular flexibility index (Phi) is 7.02. The van der Waals surface area contributed by atoms with Crippen LogP contribution in [0.3, 0.4) is 0 Å². The van der Waals surface area contributed by atoms with Gasteiger partial charge in [0.25, 0.3) is 0 Å². The van der Waals surface area contributed by atoms with Gasteiger partial charge in [0.05, 0.1) is 6.61 Å². The van der Waals surface area contributed by atoms with E-state index in [1.54, 1.807) is 53.6 Å². The van der Waals surface area contributed by atoms with E-state index < -0.39 is 12.8 Å². The third-order valence-electron chi connectivity index (χ3n) is 4.01. The number of urea groups is 1. The summed E-state index contributed by atoms with van der Waals surface area (Å²) in [5, 5.41) is 9.55. The van der Waals surface area contributed by atoms with Gasteiger partial charge in [0, 0.05) is 31.7 Å². The second-order valence-corrected chi connectivity index (χ2v) is 6.44. The maximum atomic E-state index is 12.1. The molecule has 0 unspecified atom stereocenters. The maximum absolute atomic E-state index is 12.1. The second kappa shape index (κ2) is 9.88. The van der Waals surface area contributed by atoms with Crippen LogP contribution in [0.4, 0.5) is 18.0 Å².